The summed E-state index contributed by atoms with van der Waals surface area (Å²) in [5.41, 5.74) is 2.13. The molecule has 0 spiro atoms. The molecule has 4 fully saturated rings. The summed E-state index contributed by atoms with van der Waals surface area (Å²) in [6.07, 6.45) is 7.40. The first kappa shape index (κ1) is 22.9. The van der Waals surface area contributed by atoms with Gasteiger partial charge in [-0.3, -0.25) is 4.79 Å². The summed E-state index contributed by atoms with van der Waals surface area (Å²) in [6, 6.07) is 26.0. The molecule has 3 aromatic carbocycles. The highest BCUT2D eigenvalue weighted by molar-refractivity contribution is 7.97. The normalized spacial score (nSPS) is 26.8. The molecule has 0 amide bonds. The van der Waals surface area contributed by atoms with Crippen LogP contribution in [0.3, 0.4) is 0 Å². The number of carbonyl (C=O) groups excluding carboxylic acids is 1. The lowest BCUT2D eigenvalue weighted by atomic mass is 9.48. The van der Waals surface area contributed by atoms with Gasteiger partial charge in [0.2, 0.25) is 0 Å². The molecule has 2 nitrogen and oxygen atoms in total. The molecule has 7 rings (SSSR count). The number of hydrogen-bond acceptors (Lipinski definition) is 2. The summed E-state index contributed by atoms with van der Waals surface area (Å²) in [5, 5.41) is 0. The average Bonchev–Trinajstić information content (AvgIpc) is 2.84. The Morgan fingerprint density at radius 1 is 0.771 bits per heavy atom. The van der Waals surface area contributed by atoms with Crippen molar-refractivity contribution >= 4 is 16.7 Å². The van der Waals surface area contributed by atoms with Crippen LogP contribution in [0.5, 0.6) is 5.75 Å². The molecule has 0 heterocycles. The Hall–Kier alpha value is -2.52. The maximum absolute atomic E-state index is 13.5. The van der Waals surface area contributed by atoms with Crippen LogP contribution in [0.1, 0.15) is 49.7 Å². The number of aryl methyl sites for hydroxylation is 2. The van der Waals surface area contributed by atoms with Gasteiger partial charge in [0.25, 0.3) is 0 Å². The molecule has 0 N–H and O–H groups in total. The van der Waals surface area contributed by atoms with Gasteiger partial charge in [0, 0.05) is 17.5 Å². The van der Waals surface area contributed by atoms with E-state index in [0.29, 0.717) is 5.78 Å². The van der Waals surface area contributed by atoms with Crippen molar-refractivity contribution in [3.8, 4) is 5.75 Å². The zero-order chi connectivity index (χ0) is 24.0. The standard InChI is InChI=1S/C32H35O2S/c1-22-13-29(35(27-9-5-3-6-10-27)28-11-7-4-8-12-28)14-23(2)31(22)34-21-30(33)32-18-24-15-25(19-32)17-26(16-24)20-32/h3-14,24-26H,15-21H2,1-2H3/q+1. The van der Waals surface area contributed by atoms with E-state index in [9.17, 15) is 4.79 Å². The molecule has 0 aliphatic heterocycles. The fraction of sp³-hybridized carbons (Fsp3) is 0.406. The average molecular weight is 484 g/mol. The maximum atomic E-state index is 13.5. The van der Waals surface area contributed by atoms with Gasteiger partial charge in [0.05, 0.1) is 10.9 Å². The molecule has 4 aliphatic rings. The van der Waals surface area contributed by atoms with Gasteiger partial charge in [-0.1, -0.05) is 36.4 Å². The van der Waals surface area contributed by atoms with Crippen LogP contribution in [0.15, 0.2) is 87.5 Å². The molecule has 4 aliphatic carbocycles. The van der Waals surface area contributed by atoms with Gasteiger partial charge in [-0.2, -0.15) is 0 Å². The van der Waals surface area contributed by atoms with Crippen LogP contribution in [0.4, 0.5) is 0 Å². The second-order valence-electron chi connectivity index (χ2n) is 11.2. The molecule has 4 saturated carbocycles. The number of Topliss-reactive ketones (excluding diaryl/α,β-unsaturated/α-hetero) is 1. The molecule has 0 aromatic heterocycles. The summed E-state index contributed by atoms with van der Waals surface area (Å²) in [7, 11) is -0.186. The first-order valence-electron chi connectivity index (χ1n) is 13.1. The minimum atomic E-state index is -0.186. The molecular weight excluding hydrogens is 448 g/mol. The molecule has 0 unspecified atom stereocenters. The fourth-order valence-electron chi connectivity index (χ4n) is 7.52. The molecule has 35 heavy (non-hydrogen) atoms. The van der Waals surface area contributed by atoms with Crippen LogP contribution >= 0.6 is 0 Å². The van der Waals surface area contributed by atoms with Gasteiger partial charge < -0.3 is 4.74 Å². The topological polar surface area (TPSA) is 26.3 Å². The third-order valence-electron chi connectivity index (χ3n) is 8.60. The number of ether oxygens (including phenoxy) is 1. The predicted octanol–water partition coefficient (Wildman–Crippen LogP) is 7.56. The SMILES string of the molecule is Cc1cc([S+](c2ccccc2)c2ccccc2)cc(C)c1OCC(=O)C12CC3CC(CC(C3)C1)C2. The summed E-state index contributed by atoms with van der Waals surface area (Å²) in [5.74, 6) is 3.58. The zero-order valence-corrected chi connectivity index (χ0v) is 21.7. The Bertz CT molecular complexity index is 1120. The highest BCUT2D eigenvalue weighted by Gasteiger charge is 2.54. The van der Waals surface area contributed by atoms with Gasteiger partial charge in [-0.15, -0.1) is 0 Å². The Balaban J connectivity index is 1.25. The smallest absolute Gasteiger partial charge is 0.176 e. The van der Waals surface area contributed by atoms with Gasteiger partial charge in [0.15, 0.2) is 20.5 Å². The van der Waals surface area contributed by atoms with Crippen LogP contribution in [0.2, 0.25) is 0 Å². The van der Waals surface area contributed by atoms with Crippen molar-refractivity contribution < 1.29 is 9.53 Å². The molecule has 0 radical (unpaired) electrons. The molecule has 0 saturated heterocycles. The van der Waals surface area contributed by atoms with E-state index in [0.717, 1.165) is 53.9 Å². The Labute approximate surface area is 212 Å². The van der Waals surface area contributed by atoms with Crippen molar-refractivity contribution in [1.82, 2.24) is 0 Å². The number of benzene rings is 3. The summed E-state index contributed by atoms with van der Waals surface area (Å²) < 4.78 is 6.32. The Kier molecular flexibility index (Phi) is 6.00. The van der Waals surface area contributed by atoms with E-state index in [2.05, 4.69) is 86.6 Å². The number of rotatable bonds is 7. The molecule has 180 valence electrons. The van der Waals surface area contributed by atoms with E-state index < -0.39 is 0 Å². The Morgan fingerprint density at radius 3 is 1.69 bits per heavy atom. The zero-order valence-electron chi connectivity index (χ0n) is 20.8. The van der Waals surface area contributed by atoms with Crippen molar-refractivity contribution in [2.24, 2.45) is 23.2 Å². The second kappa shape index (κ2) is 9.17. The van der Waals surface area contributed by atoms with E-state index in [1.54, 1.807) is 0 Å². The third-order valence-corrected chi connectivity index (χ3v) is 10.8. The largest absolute Gasteiger partial charge is 0.485 e. The minimum absolute atomic E-state index is 0.0937. The third kappa shape index (κ3) is 4.33. The van der Waals surface area contributed by atoms with Crippen molar-refractivity contribution in [3.05, 3.63) is 83.9 Å². The van der Waals surface area contributed by atoms with Gasteiger partial charge >= 0.3 is 0 Å². The van der Waals surface area contributed by atoms with Crippen LogP contribution in [-0.2, 0) is 15.7 Å². The maximum Gasteiger partial charge on any atom is 0.176 e. The molecule has 3 heteroatoms. The van der Waals surface area contributed by atoms with Crippen LogP contribution in [0, 0.1) is 37.0 Å². The van der Waals surface area contributed by atoms with E-state index in [1.165, 1.54) is 33.9 Å². The van der Waals surface area contributed by atoms with Gasteiger partial charge in [0.1, 0.15) is 12.4 Å². The van der Waals surface area contributed by atoms with E-state index in [-0.39, 0.29) is 22.9 Å². The number of ketones is 1. The highest BCUT2D eigenvalue weighted by atomic mass is 32.2. The Morgan fingerprint density at radius 2 is 1.23 bits per heavy atom. The molecule has 0 atom stereocenters. The van der Waals surface area contributed by atoms with Crippen molar-refractivity contribution in [2.75, 3.05) is 6.61 Å². The second-order valence-corrected chi connectivity index (χ2v) is 13.3. The van der Waals surface area contributed by atoms with E-state index in [1.807, 2.05) is 0 Å². The minimum Gasteiger partial charge on any atom is -0.485 e. The fourth-order valence-corrected chi connectivity index (χ4v) is 9.78. The van der Waals surface area contributed by atoms with Crippen LogP contribution in [-0.4, -0.2) is 12.4 Å². The molecule has 4 bridgehead atoms. The first-order valence-corrected chi connectivity index (χ1v) is 14.3. The lowest BCUT2D eigenvalue weighted by molar-refractivity contribution is -0.146. The van der Waals surface area contributed by atoms with Crippen molar-refractivity contribution in [1.29, 1.82) is 0 Å². The lowest BCUT2D eigenvalue weighted by Crippen LogP contribution is -2.51. The van der Waals surface area contributed by atoms with Crippen molar-refractivity contribution in [2.45, 2.75) is 67.1 Å². The van der Waals surface area contributed by atoms with Crippen LogP contribution < -0.4 is 4.74 Å². The van der Waals surface area contributed by atoms with Gasteiger partial charge in [-0.25, -0.2) is 0 Å². The molecule has 3 aromatic rings. The number of carbonyl (C=O) groups is 1. The molecular formula is C32H35O2S+. The highest BCUT2D eigenvalue weighted by Crippen LogP contribution is 2.60. The van der Waals surface area contributed by atoms with Crippen LogP contribution in [0.25, 0.3) is 0 Å². The monoisotopic (exact) mass is 483 g/mol. The summed E-state index contributed by atoms with van der Waals surface area (Å²) in [6.45, 7) is 4.47. The van der Waals surface area contributed by atoms with Gasteiger partial charge in [-0.05, 0) is 106 Å². The lowest BCUT2D eigenvalue weighted by Gasteiger charge is -2.55. The number of hydrogen-bond donors (Lipinski definition) is 0. The quantitative estimate of drug-likeness (QED) is 0.324. The van der Waals surface area contributed by atoms with Crippen molar-refractivity contribution in [3.63, 3.8) is 0 Å². The van der Waals surface area contributed by atoms with E-state index in [4.69, 9.17) is 4.74 Å². The summed E-state index contributed by atoms with van der Waals surface area (Å²) in [4.78, 5) is 17.4. The van der Waals surface area contributed by atoms with E-state index >= 15 is 0 Å². The summed E-state index contributed by atoms with van der Waals surface area (Å²) >= 11 is 0. The predicted molar refractivity (Wildman–Crippen MR) is 142 cm³/mol. The first-order chi connectivity index (χ1) is 17.0.